The van der Waals surface area contributed by atoms with Gasteiger partial charge in [-0.3, -0.25) is 0 Å². The van der Waals surface area contributed by atoms with Gasteiger partial charge < -0.3 is 20.5 Å². The Hall–Kier alpha value is -1.49. The minimum atomic E-state index is 0.254. The fourth-order valence-electron chi connectivity index (χ4n) is 2.68. The molecule has 1 fully saturated rings. The third-order valence-electron chi connectivity index (χ3n) is 3.68. The Kier molecular flexibility index (Phi) is 5.47. The van der Waals surface area contributed by atoms with Crippen LogP contribution in [0.1, 0.15) is 39.0 Å². The van der Waals surface area contributed by atoms with Gasteiger partial charge in [0.2, 0.25) is 5.88 Å². The minimum absolute atomic E-state index is 0.254. The van der Waals surface area contributed by atoms with Gasteiger partial charge in [0, 0.05) is 19.2 Å². The molecule has 5 heteroatoms. The van der Waals surface area contributed by atoms with Crippen LogP contribution in [-0.4, -0.2) is 35.9 Å². The van der Waals surface area contributed by atoms with Crippen LogP contribution in [0.5, 0.6) is 5.88 Å². The highest BCUT2D eigenvalue weighted by molar-refractivity contribution is 5.55. The van der Waals surface area contributed by atoms with E-state index in [9.17, 15) is 0 Å². The first-order chi connectivity index (χ1) is 9.76. The number of hydrogen-bond acceptors (Lipinski definition) is 5. The number of ether oxygens (including phenoxy) is 1. The fraction of sp³-hybridized carbons (Fsp3) is 0.667. The number of nitrogens with two attached hydrogens (primary N) is 1. The van der Waals surface area contributed by atoms with E-state index in [2.05, 4.69) is 16.8 Å². The summed E-state index contributed by atoms with van der Waals surface area (Å²) in [4.78, 5) is 6.88. The zero-order chi connectivity index (χ0) is 14.4. The molecule has 2 rings (SSSR count). The third kappa shape index (κ3) is 3.54. The summed E-state index contributed by atoms with van der Waals surface area (Å²) in [7, 11) is 0. The second-order valence-electron chi connectivity index (χ2n) is 5.27. The predicted molar refractivity (Wildman–Crippen MR) is 81.1 cm³/mol. The zero-order valence-corrected chi connectivity index (χ0v) is 12.2. The number of rotatable bonds is 7. The summed E-state index contributed by atoms with van der Waals surface area (Å²) in [5, 5.41) is 8.99. The molecule has 1 aliphatic heterocycles. The van der Waals surface area contributed by atoms with Gasteiger partial charge in [-0.05, 0) is 44.2 Å². The Morgan fingerprint density at radius 3 is 3.10 bits per heavy atom. The average molecular weight is 279 g/mol. The molecule has 0 radical (unpaired) electrons. The quantitative estimate of drug-likeness (QED) is 0.800. The molecule has 1 aromatic heterocycles. The van der Waals surface area contributed by atoms with E-state index in [-0.39, 0.29) is 6.61 Å². The van der Waals surface area contributed by atoms with Gasteiger partial charge in [0.05, 0.1) is 12.3 Å². The van der Waals surface area contributed by atoms with Crippen LogP contribution in [0.25, 0.3) is 0 Å². The Morgan fingerprint density at radius 1 is 1.50 bits per heavy atom. The number of anilines is 2. The molecule has 20 heavy (non-hydrogen) atoms. The van der Waals surface area contributed by atoms with Crippen LogP contribution in [0.3, 0.4) is 0 Å². The van der Waals surface area contributed by atoms with Crippen molar-refractivity contribution in [1.82, 2.24) is 4.98 Å². The molecule has 1 saturated heterocycles. The van der Waals surface area contributed by atoms with Gasteiger partial charge in [0.25, 0.3) is 0 Å². The van der Waals surface area contributed by atoms with E-state index in [1.807, 2.05) is 12.1 Å². The van der Waals surface area contributed by atoms with Crippen molar-refractivity contribution in [1.29, 1.82) is 0 Å². The van der Waals surface area contributed by atoms with E-state index in [4.69, 9.17) is 15.6 Å². The van der Waals surface area contributed by atoms with Crippen molar-refractivity contribution in [3.05, 3.63) is 12.1 Å². The van der Waals surface area contributed by atoms with Gasteiger partial charge in [-0.2, -0.15) is 4.98 Å². The van der Waals surface area contributed by atoms with Gasteiger partial charge >= 0.3 is 0 Å². The van der Waals surface area contributed by atoms with Crippen LogP contribution in [0, 0.1) is 0 Å². The highest BCUT2D eigenvalue weighted by atomic mass is 16.5. The lowest BCUT2D eigenvalue weighted by molar-refractivity contribution is 0.279. The smallest absolute Gasteiger partial charge is 0.239 e. The number of pyridine rings is 1. The Balaban J connectivity index is 2.10. The van der Waals surface area contributed by atoms with E-state index in [0.717, 1.165) is 38.0 Å². The Morgan fingerprint density at radius 2 is 2.35 bits per heavy atom. The molecule has 0 aliphatic carbocycles. The summed E-state index contributed by atoms with van der Waals surface area (Å²) < 4.78 is 5.60. The van der Waals surface area contributed by atoms with Crippen LogP contribution in [0.4, 0.5) is 11.5 Å². The van der Waals surface area contributed by atoms with Gasteiger partial charge in [-0.1, -0.05) is 6.92 Å². The molecular formula is C15H25N3O2. The lowest BCUT2D eigenvalue weighted by Gasteiger charge is -2.26. The molecule has 1 aliphatic rings. The predicted octanol–water partition coefficient (Wildman–Crippen LogP) is 2.19. The molecule has 112 valence electrons. The van der Waals surface area contributed by atoms with Crippen molar-refractivity contribution < 1.29 is 9.84 Å². The highest BCUT2D eigenvalue weighted by Gasteiger charge is 2.25. The normalized spacial score (nSPS) is 18.5. The Labute approximate surface area is 120 Å². The summed E-state index contributed by atoms with van der Waals surface area (Å²) in [6, 6.07) is 4.30. The van der Waals surface area contributed by atoms with Crippen molar-refractivity contribution in [2.45, 2.75) is 45.1 Å². The van der Waals surface area contributed by atoms with E-state index in [0.29, 0.717) is 24.2 Å². The fourth-order valence-corrected chi connectivity index (χ4v) is 2.68. The van der Waals surface area contributed by atoms with Crippen molar-refractivity contribution in [3.8, 4) is 5.88 Å². The first kappa shape index (κ1) is 14.9. The van der Waals surface area contributed by atoms with Crippen molar-refractivity contribution in [3.63, 3.8) is 0 Å². The highest BCUT2D eigenvalue weighted by Crippen LogP contribution is 2.30. The zero-order valence-electron chi connectivity index (χ0n) is 12.2. The molecule has 0 aromatic carbocycles. The van der Waals surface area contributed by atoms with Crippen LogP contribution < -0.4 is 15.4 Å². The van der Waals surface area contributed by atoms with Gasteiger partial charge in [0.15, 0.2) is 0 Å². The second kappa shape index (κ2) is 7.33. The summed E-state index contributed by atoms with van der Waals surface area (Å²) in [6.45, 7) is 3.96. The molecule has 3 N–H and O–H groups in total. The first-order valence-corrected chi connectivity index (χ1v) is 7.53. The maximum Gasteiger partial charge on any atom is 0.239 e. The largest absolute Gasteiger partial charge is 0.476 e. The SMILES string of the molecule is CCCOc1nc(N2CCCC2CCCO)ccc1N. The number of hydrogen-bond donors (Lipinski definition) is 2. The number of nitrogen functional groups attached to an aromatic ring is 1. The van der Waals surface area contributed by atoms with Crippen LogP contribution in [-0.2, 0) is 0 Å². The molecule has 0 bridgehead atoms. The molecule has 1 aromatic rings. The molecule has 5 nitrogen and oxygen atoms in total. The topological polar surface area (TPSA) is 71.6 Å². The number of nitrogens with zero attached hydrogens (tertiary/aromatic N) is 2. The Bertz CT molecular complexity index is 426. The van der Waals surface area contributed by atoms with E-state index >= 15 is 0 Å². The molecule has 0 saturated carbocycles. The summed E-state index contributed by atoms with van der Waals surface area (Å²) in [5.74, 6) is 1.47. The van der Waals surface area contributed by atoms with E-state index in [1.165, 1.54) is 6.42 Å². The molecule has 1 atom stereocenters. The van der Waals surface area contributed by atoms with Crippen molar-refractivity contribution in [2.75, 3.05) is 30.4 Å². The lowest BCUT2D eigenvalue weighted by Crippen LogP contribution is -2.30. The first-order valence-electron chi connectivity index (χ1n) is 7.53. The number of aliphatic hydroxyl groups is 1. The minimum Gasteiger partial charge on any atom is -0.476 e. The van der Waals surface area contributed by atoms with Crippen LogP contribution >= 0.6 is 0 Å². The number of aromatic nitrogens is 1. The maximum atomic E-state index is 8.99. The molecule has 0 amide bonds. The van der Waals surface area contributed by atoms with E-state index < -0.39 is 0 Å². The van der Waals surface area contributed by atoms with Crippen LogP contribution in [0.15, 0.2) is 12.1 Å². The van der Waals surface area contributed by atoms with Gasteiger partial charge in [0.1, 0.15) is 5.82 Å². The molecule has 1 unspecified atom stereocenters. The summed E-state index contributed by atoms with van der Waals surface area (Å²) in [6.07, 6.45) is 5.13. The third-order valence-corrected chi connectivity index (χ3v) is 3.68. The van der Waals surface area contributed by atoms with Gasteiger partial charge in [-0.15, -0.1) is 0 Å². The van der Waals surface area contributed by atoms with Crippen LogP contribution in [0.2, 0.25) is 0 Å². The summed E-state index contributed by atoms with van der Waals surface area (Å²) >= 11 is 0. The monoisotopic (exact) mass is 279 g/mol. The molecule has 0 spiro atoms. The summed E-state index contributed by atoms with van der Waals surface area (Å²) in [5.41, 5.74) is 6.50. The van der Waals surface area contributed by atoms with Crippen molar-refractivity contribution >= 4 is 11.5 Å². The number of aliphatic hydroxyl groups excluding tert-OH is 1. The second-order valence-corrected chi connectivity index (χ2v) is 5.27. The average Bonchev–Trinajstić information content (AvgIpc) is 2.92. The van der Waals surface area contributed by atoms with Gasteiger partial charge in [-0.25, -0.2) is 0 Å². The molecule has 2 heterocycles. The standard InChI is InChI=1S/C15H25N3O2/c1-2-11-20-15-13(16)7-8-14(17-15)18-9-3-5-12(18)6-4-10-19/h7-8,12,19H,2-6,9-11,16H2,1H3. The van der Waals surface area contributed by atoms with Crippen molar-refractivity contribution in [2.24, 2.45) is 0 Å². The van der Waals surface area contributed by atoms with E-state index in [1.54, 1.807) is 0 Å². The lowest BCUT2D eigenvalue weighted by atomic mass is 10.1. The molecular weight excluding hydrogens is 254 g/mol. The maximum absolute atomic E-state index is 8.99.